The quantitative estimate of drug-likeness (QED) is 0.595. The van der Waals surface area contributed by atoms with Gasteiger partial charge in [0, 0.05) is 31.5 Å². The molecule has 7 nitrogen and oxygen atoms in total. The van der Waals surface area contributed by atoms with Crippen LogP contribution in [0, 0.1) is 11.8 Å². The van der Waals surface area contributed by atoms with E-state index in [4.69, 9.17) is 9.84 Å². The number of carboxylic acid groups (broad SMARTS) is 1. The normalized spacial score (nSPS) is 17.8. The lowest BCUT2D eigenvalue weighted by Gasteiger charge is -2.20. The predicted octanol–water partition coefficient (Wildman–Crippen LogP) is 3.87. The Hall–Kier alpha value is -3.35. The van der Waals surface area contributed by atoms with Crippen LogP contribution in [0.4, 0.5) is 4.79 Å². The molecule has 2 aromatic carbocycles. The van der Waals surface area contributed by atoms with Crippen molar-refractivity contribution in [3.8, 4) is 11.1 Å². The van der Waals surface area contributed by atoms with Crippen molar-refractivity contribution in [3.05, 3.63) is 59.7 Å². The van der Waals surface area contributed by atoms with Gasteiger partial charge in [-0.1, -0.05) is 55.5 Å². The number of carbonyl (C=O) groups excluding carboxylic acids is 2. The van der Waals surface area contributed by atoms with Crippen LogP contribution >= 0.6 is 0 Å². The van der Waals surface area contributed by atoms with Crippen molar-refractivity contribution in [2.75, 3.05) is 26.2 Å². The number of likely N-dealkylation sites (tertiary alicyclic amines) is 1. The number of nitrogens with one attached hydrogen (secondary N) is 1. The Labute approximate surface area is 193 Å². The van der Waals surface area contributed by atoms with Gasteiger partial charge < -0.3 is 20.1 Å². The Bertz CT molecular complexity index is 991. The number of benzene rings is 2. The molecule has 2 aromatic rings. The maximum absolute atomic E-state index is 12.5. The fraction of sp³-hybridized carbons (Fsp3) is 0.423. The Morgan fingerprint density at radius 1 is 1.09 bits per heavy atom. The first-order valence-electron chi connectivity index (χ1n) is 11.6. The largest absolute Gasteiger partial charge is 0.481 e. The number of ether oxygens (including phenoxy) is 1. The number of alkyl carbamates (subject to hydrolysis) is 1. The third-order valence-electron chi connectivity index (χ3n) is 6.70. The molecule has 2 atom stereocenters. The average molecular weight is 451 g/mol. The van der Waals surface area contributed by atoms with Crippen molar-refractivity contribution in [1.82, 2.24) is 10.2 Å². The highest BCUT2D eigenvalue weighted by molar-refractivity contribution is 5.81. The Morgan fingerprint density at radius 3 is 2.33 bits per heavy atom. The molecule has 174 valence electrons. The summed E-state index contributed by atoms with van der Waals surface area (Å²) in [4.78, 5) is 37.5. The van der Waals surface area contributed by atoms with Crippen LogP contribution < -0.4 is 5.32 Å². The van der Waals surface area contributed by atoms with E-state index in [2.05, 4.69) is 29.6 Å². The van der Waals surface area contributed by atoms with Gasteiger partial charge in [0.05, 0.1) is 5.92 Å². The van der Waals surface area contributed by atoms with Crippen molar-refractivity contribution < 1.29 is 24.2 Å². The molecule has 4 rings (SSSR count). The highest BCUT2D eigenvalue weighted by atomic mass is 16.5. The van der Waals surface area contributed by atoms with Gasteiger partial charge in [-0.3, -0.25) is 9.59 Å². The molecular formula is C26H30N2O5. The topological polar surface area (TPSA) is 95.9 Å². The first-order chi connectivity index (χ1) is 16.0. The van der Waals surface area contributed by atoms with Crippen LogP contribution in [0.3, 0.4) is 0 Å². The molecule has 2 N–H and O–H groups in total. The van der Waals surface area contributed by atoms with E-state index >= 15 is 0 Å². The summed E-state index contributed by atoms with van der Waals surface area (Å²) in [6.45, 7) is 3.33. The number of hydrogen-bond donors (Lipinski definition) is 2. The Kier molecular flexibility index (Phi) is 6.96. The van der Waals surface area contributed by atoms with Crippen molar-refractivity contribution in [2.24, 2.45) is 11.8 Å². The van der Waals surface area contributed by atoms with Gasteiger partial charge in [0.15, 0.2) is 0 Å². The summed E-state index contributed by atoms with van der Waals surface area (Å²) in [5.41, 5.74) is 4.72. The SMILES string of the molecule is CC(CCCNC(=O)OCC1c2ccccc2-c2ccccc21)C(=O)N1CCC(C(=O)O)C1. The van der Waals surface area contributed by atoms with Crippen LogP contribution in [0.1, 0.15) is 43.2 Å². The zero-order chi connectivity index (χ0) is 23.4. The van der Waals surface area contributed by atoms with Crippen LogP contribution in [0.5, 0.6) is 0 Å². The molecule has 1 aliphatic heterocycles. The summed E-state index contributed by atoms with van der Waals surface area (Å²) in [5, 5.41) is 11.9. The molecule has 0 bridgehead atoms. The van der Waals surface area contributed by atoms with E-state index in [1.165, 1.54) is 22.3 Å². The molecule has 1 heterocycles. The second kappa shape index (κ2) is 10.1. The second-order valence-electron chi connectivity index (χ2n) is 8.90. The third-order valence-corrected chi connectivity index (χ3v) is 6.70. The molecule has 2 unspecified atom stereocenters. The third kappa shape index (κ3) is 5.02. The molecule has 2 amide bonds. The molecule has 1 aliphatic carbocycles. The molecule has 2 aliphatic rings. The Balaban J connectivity index is 1.19. The molecule has 7 heteroatoms. The molecular weight excluding hydrogens is 420 g/mol. The second-order valence-corrected chi connectivity index (χ2v) is 8.90. The fourth-order valence-electron chi connectivity index (χ4n) is 4.85. The average Bonchev–Trinajstić information content (AvgIpc) is 3.44. The van der Waals surface area contributed by atoms with E-state index in [1.54, 1.807) is 4.90 Å². The predicted molar refractivity (Wildman–Crippen MR) is 124 cm³/mol. The maximum atomic E-state index is 12.5. The standard InChI is InChI=1S/C26H30N2O5/c1-17(24(29)28-14-12-18(15-28)25(30)31)7-6-13-27-26(32)33-16-23-21-10-4-2-8-19(21)20-9-3-5-11-22(20)23/h2-5,8-11,17-18,23H,6-7,12-16H2,1H3,(H,27,32)(H,30,31). The maximum Gasteiger partial charge on any atom is 0.407 e. The van der Waals surface area contributed by atoms with E-state index in [1.807, 2.05) is 31.2 Å². The lowest BCUT2D eigenvalue weighted by molar-refractivity contribution is -0.141. The fourth-order valence-corrected chi connectivity index (χ4v) is 4.85. The first kappa shape index (κ1) is 22.8. The van der Waals surface area contributed by atoms with Gasteiger partial charge >= 0.3 is 12.1 Å². The van der Waals surface area contributed by atoms with Crippen molar-refractivity contribution in [3.63, 3.8) is 0 Å². The van der Waals surface area contributed by atoms with Gasteiger partial charge in [0.1, 0.15) is 6.61 Å². The highest BCUT2D eigenvalue weighted by Crippen LogP contribution is 2.44. The number of nitrogens with zero attached hydrogens (tertiary/aromatic N) is 1. The van der Waals surface area contributed by atoms with Crippen molar-refractivity contribution in [1.29, 1.82) is 0 Å². The van der Waals surface area contributed by atoms with E-state index in [-0.39, 0.29) is 30.9 Å². The van der Waals surface area contributed by atoms with Crippen LogP contribution in [0.2, 0.25) is 0 Å². The van der Waals surface area contributed by atoms with E-state index in [0.29, 0.717) is 32.4 Å². The number of carboxylic acids is 1. The van der Waals surface area contributed by atoms with E-state index in [0.717, 1.165) is 0 Å². The number of rotatable bonds is 8. The summed E-state index contributed by atoms with van der Waals surface area (Å²) in [6.07, 6.45) is 1.32. The molecule has 33 heavy (non-hydrogen) atoms. The number of hydrogen-bond acceptors (Lipinski definition) is 4. The molecule has 1 saturated heterocycles. The Morgan fingerprint density at radius 2 is 1.73 bits per heavy atom. The van der Waals surface area contributed by atoms with Crippen molar-refractivity contribution in [2.45, 2.75) is 32.1 Å². The minimum Gasteiger partial charge on any atom is -0.481 e. The molecule has 1 fully saturated rings. The summed E-state index contributed by atoms with van der Waals surface area (Å²) < 4.78 is 5.53. The monoisotopic (exact) mass is 450 g/mol. The summed E-state index contributed by atoms with van der Waals surface area (Å²) in [5.74, 6) is -1.50. The number of aliphatic carboxylic acids is 1. The summed E-state index contributed by atoms with van der Waals surface area (Å²) in [7, 11) is 0. The number of fused-ring (bicyclic) bond motifs is 3. The summed E-state index contributed by atoms with van der Waals surface area (Å²) >= 11 is 0. The van der Waals surface area contributed by atoms with Crippen LogP contribution in [0.15, 0.2) is 48.5 Å². The minimum atomic E-state index is -0.842. The van der Waals surface area contributed by atoms with Gasteiger partial charge in [-0.2, -0.15) is 0 Å². The molecule has 0 saturated carbocycles. The first-order valence-corrected chi connectivity index (χ1v) is 11.6. The lowest BCUT2D eigenvalue weighted by Crippen LogP contribution is -2.34. The summed E-state index contributed by atoms with van der Waals surface area (Å²) in [6, 6.07) is 16.4. The van der Waals surface area contributed by atoms with E-state index < -0.39 is 18.0 Å². The molecule has 0 radical (unpaired) electrons. The van der Waals surface area contributed by atoms with Gasteiger partial charge in [0.2, 0.25) is 5.91 Å². The lowest BCUT2D eigenvalue weighted by atomic mass is 9.98. The van der Waals surface area contributed by atoms with Gasteiger partial charge in [-0.05, 0) is 41.5 Å². The van der Waals surface area contributed by atoms with Crippen LogP contribution in [0.25, 0.3) is 11.1 Å². The van der Waals surface area contributed by atoms with Gasteiger partial charge in [-0.25, -0.2) is 4.79 Å². The smallest absolute Gasteiger partial charge is 0.407 e. The zero-order valence-electron chi connectivity index (χ0n) is 18.8. The zero-order valence-corrected chi connectivity index (χ0v) is 18.8. The minimum absolute atomic E-state index is 0.0140. The number of amides is 2. The van der Waals surface area contributed by atoms with E-state index in [9.17, 15) is 14.4 Å². The number of carbonyl (C=O) groups is 3. The van der Waals surface area contributed by atoms with Gasteiger partial charge in [0.25, 0.3) is 0 Å². The van der Waals surface area contributed by atoms with Gasteiger partial charge in [-0.15, -0.1) is 0 Å². The molecule has 0 aromatic heterocycles. The van der Waals surface area contributed by atoms with Crippen LogP contribution in [-0.2, 0) is 14.3 Å². The highest BCUT2D eigenvalue weighted by Gasteiger charge is 2.32. The van der Waals surface area contributed by atoms with Crippen LogP contribution in [-0.4, -0.2) is 54.2 Å². The van der Waals surface area contributed by atoms with Crippen molar-refractivity contribution >= 4 is 18.0 Å². The molecule has 0 spiro atoms.